The first kappa shape index (κ1) is 19.2. The molecule has 0 aromatic heterocycles. The molecule has 0 bridgehead atoms. The Bertz CT molecular complexity index is 384. The fraction of sp³-hybridized carbons (Fsp3) is 0.786. The maximum Gasteiger partial charge on any atom is 0.410 e. The Balaban J connectivity index is 4.68. The minimum Gasteiger partial charge on any atom is -0.481 e. The number of nitrogens with one attached hydrogen (secondary N) is 1. The molecule has 7 nitrogen and oxygen atoms in total. The Morgan fingerprint density at radius 3 is 2.24 bits per heavy atom. The van der Waals surface area contributed by atoms with Crippen LogP contribution < -0.4 is 5.32 Å². The number of carbonyl (C=O) groups is 3. The van der Waals surface area contributed by atoms with E-state index in [-0.39, 0.29) is 12.3 Å². The molecule has 21 heavy (non-hydrogen) atoms. The van der Waals surface area contributed by atoms with Gasteiger partial charge in [0.25, 0.3) is 0 Å². The summed E-state index contributed by atoms with van der Waals surface area (Å²) in [4.78, 5) is 33.5. The van der Waals surface area contributed by atoms with Gasteiger partial charge in [-0.1, -0.05) is 20.3 Å². The number of aliphatic carboxylic acids is 1. The number of esters is 1. The first-order valence-corrected chi connectivity index (χ1v) is 6.95. The Morgan fingerprint density at radius 1 is 1.24 bits per heavy atom. The molecule has 1 amide bonds. The average Bonchev–Trinajstić information content (AvgIpc) is 2.24. The lowest BCUT2D eigenvalue weighted by Crippen LogP contribution is -2.49. The Labute approximate surface area is 125 Å². The largest absolute Gasteiger partial charge is 0.481 e. The van der Waals surface area contributed by atoms with Gasteiger partial charge in [-0.25, -0.2) is 4.79 Å². The Kier molecular flexibility index (Phi) is 7.76. The van der Waals surface area contributed by atoms with Crippen molar-refractivity contribution in [2.24, 2.45) is 5.92 Å². The highest BCUT2D eigenvalue weighted by atomic mass is 16.7. The minimum atomic E-state index is -1.03. The number of rotatable bonds is 8. The van der Waals surface area contributed by atoms with E-state index in [1.54, 1.807) is 6.92 Å². The van der Waals surface area contributed by atoms with Crippen LogP contribution in [0.3, 0.4) is 0 Å². The van der Waals surface area contributed by atoms with Crippen molar-refractivity contribution in [1.29, 1.82) is 0 Å². The molecular weight excluding hydrogens is 278 g/mol. The van der Waals surface area contributed by atoms with E-state index in [1.165, 1.54) is 13.8 Å². The molecule has 0 spiro atoms. The standard InChI is InChI=1S/C14H25NO6/c1-6-9(2)7-14(5,8-12(17)18)15-13(19)21-11(4)20-10(3)16/h9,11H,6-8H2,1-5H3,(H,15,19)(H,17,18)/t9-,11+,14+/m0/s1. The fourth-order valence-corrected chi connectivity index (χ4v) is 2.10. The van der Waals surface area contributed by atoms with E-state index in [9.17, 15) is 14.4 Å². The number of hydrogen-bond donors (Lipinski definition) is 2. The van der Waals surface area contributed by atoms with E-state index in [0.717, 1.165) is 6.42 Å². The predicted octanol–water partition coefficient (Wildman–Crippen LogP) is 2.29. The van der Waals surface area contributed by atoms with Crippen LogP contribution in [0.5, 0.6) is 0 Å². The second-order valence-electron chi connectivity index (χ2n) is 5.56. The molecule has 7 heteroatoms. The molecule has 3 atom stereocenters. The van der Waals surface area contributed by atoms with Gasteiger partial charge in [-0.15, -0.1) is 0 Å². The van der Waals surface area contributed by atoms with Crippen molar-refractivity contribution in [3.8, 4) is 0 Å². The molecule has 0 aliphatic rings. The lowest BCUT2D eigenvalue weighted by atomic mass is 9.86. The second kappa shape index (κ2) is 8.49. The molecule has 0 radical (unpaired) electrons. The molecule has 0 saturated heterocycles. The average molecular weight is 303 g/mol. The van der Waals surface area contributed by atoms with E-state index >= 15 is 0 Å². The normalized spacial score (nSPS) is 16.2. The minimum absolute atomic E-state index is 0.214. The van der Waals surface area contributed by atoms with Crippen LogP contribution >= 0.6 is 0 Å². The molecule has 0 aliphatic carbocycles. The molecule has 0 aliphatic heterocycles. The third kappa shape index (κ3) is 8.88. The fourth-order valence-electron chi connectivity index (χ4n) is 2.10. The summed E-state index contributed by atoms with van der Waals surface area (Å²) < 4.78 is 9.55. The van der Waals surface area contributed by atoms with Crippen LogP contribution in [0.15, 0.2) is 0 Å². The van der Waals surface area contributed by atoms with E-state index < -0.39 is 29.9 Å². The van der Waals surface area contributed by atoms with Crippen molar-refractivity contribution in [2.75, 3.05) is 0 Å². The van der Waals surface area contributed by atoms with Crippen LogP contribution in [0.1, 0.15) is 53.9 Å². The molecule has 2 N–H and O–H groups in total. The summed E-state index contributed by atoms with van der Waals surface area (Å²) in [6, 6.07) is 0. The quantitative estimate of drug-likeness (QED) is 0.527. The van der Waals surface area contributed by atoms with Crippen LogP contribution in [0.2, 0.25) is 0 Å². The zero-order chi connectivity index (χ0) is 16.6. The van der Waals surface area contributed by atoms with E-state index in [0.29, 0.717) is 6.42 Å². The molecule has 0 unspecified atom stereocenters. The van der Waals surface area contributed by atoms with Gasteiger partial charge in [0.1, 0.15) is 0 Å². The molecule has 0 fully saturated rings. The number of carboxylic acids is 1. The Morgan fingerprint density at radius 2 is 1.81 bits per heavy atom. The van der Waals surface area contributed by atoms with E-state index in [4.69, 9.17) is 9.84 Å². The molecule has 0 saturated carbocycles. The highest BCUT2D eigenvalue weighted by molar-refractivity contribution is 5.73. The second-order valence-corrected chi connectivity index (χ2v) is 5.56. The number of amides is 1. The van der Waals surface area contributed by atoms with Gasteiger partial charge >= 0.3 is 18.0 Å². The van der Waals surface area contributed by atoms with Gasteiger partial charge in [-0.2, -0.15) is 0 Å². The van der Waals surface area contributed by atoms with Crippen molar-refractivity contribution in [3.05, 3.63) is 0 Å². The third-order valence-electron chi connectivity index (χ3n) is 3.05. The van der Waals surface area contributed by atoms with Crippen LogP contribution in [0, 0.1) is 5.92 Å². The van der Waals surface area contributed by atoms with Crippen LogP contribution in [0.25, 0.3) is 0 Å². The molecule has 0 rings (SSSR count). The summed E-state index contributed by atoms with van der Waals surface area (Å²) in [5.41, 5.74) is -0.922. The highest BCUT2D eigenvalue weighted by Crippen LogP contribution is 2.23. The molecular formula is C14H25NO6. The smallest absolute Gasteiger partial charge is 0.410 e. The van der Waals surface area contributed by atoms with Gasteiger partial charge in [0, 0.05) is 13.8 Å². The first-order chi connectivity index (χ1) is 9.58. The molecule has 0 aromatic rings. The van der Waals surface area contributed by atoms with Crippen LogP contribution in [-0.2, 0) is 19.1 Å². The van der Waals surface area contributed by atoms with Gasteiger partial charge < -0.3 is 19.9 Å². The number of carbonyl (C=O) groups excluding carboxylic acids is 2. The predicted molar refractivity (Wildman–Crippen MR) is 75.6 cm³/mol. The maximum absolute atomic E-state index is 11.8. The lowest BCUT2D eigenvalue weighted by molar-refractivity contribution is -0.162. The van der Waals surface area contributed by atoms with Gasteiger partial charge in [0.2, 0.25) is 6.29 Å². The zero-order valence-electron chi connectivity index (χ0n) is 13.3. The summed E-state index contributed by atoms with van der Waals surface area (Å²) in [6.07, 6.45) is -0.673. The van der Waals surface area contributed by atoms with Crippen LogP contribution in [0.4, 0.5) is 4.79 Å². The van der Waals surface area contributed by atoms with E-state index in [2.05, 4.69) is 10.1 Å². The number of ether oxygens (including phenoxy) is 2. The molecule has 122 valence electrons. The van der Waals surface area contributed by atoms with Crippen molar-refractivity contribution in [3.63, 3.8) is 0 Å². The summed E-state index contributed by atoms with van der Waals surface area (Å²) in [6.45, 7) is 8.24. The zero-order valence-corrected chi connectivity index (χ0v) is 13.3. The Hall–Kier alpha value is -1.79. The van der Waals surface area contributed by atoms with Crippen molar-refractivity contribution in [2.45, 2.75) is 65.7 Å². The van der Waals surface area contributed by atoms with Gasteiger partial charge in [-0.05, 0) is 19.3 Å². The monoisotopic (exact) mass is 303 g/mol. The van der Waals surface area contributed by atoms with Gasteiger partial charge in [-0.3, -0.25) is 9.59 Å². The van der Waals surface area contributed by atoms with Gasteiger partial charge in [0.05, 0.1) is 12.0 Å². The number of hydrogen-bond acceptors (Lipinski definition) is 5. The van der Waals surface area contributed by atoms with Gasteiger partial charge in [0.15, 0.2) is 0 Å². The maximum atomic E-state index is 11.8. The van der Waals surface area contributed by atoms with Crippen molar-refractivity contribution >= 4 is 18.0 Å². The summed E-state index contributed by atoms with van der Waals surface area (Å²) in [7, 11) is 0. The molecule has 0 heterocycles. The summed E-state index contributed by atoms with van der Waals surface area (Å²) in [5.74, 6) is -1.32. The summed E-state index contributed by atoms with van der Waals surface area (Å²) in [5, 5.41) is 11.5. The van der Waals surface area contributed by atoms with Crippen LogP contribution in [-0.4, -0.2) is 35.0 Å². The first-order valence-electron chi connectivity index (χ1n) is 6.95. The van der Waals surface area contributed by atoms with Crippen molar-refractivity contribution in [1.82, 2.24) is 5.32 Å². The number of alkyl carbamates (subject to hydrolysis) is 1. The van der Waals surface area contributed by atoms with E-state index in [1.807, 2.05) is 13.8 Å². The summed E-state index contributed by atoms with van der Waals surface area (Å²) >= 11 is 0. The molecule has 0 aromatic carbocycles. The lowest BCUT2D eigenvalue weighted by Gasteiger charge is -2.31. The van der Waals surface area contributed by atoms with Crippen molar-refractivity contribution < 1.29 is 29.0 Å². The SMILES string of the molecule is CC[C@H](C)C[C@](C)(CC(=O)O)NC(=O)O[C@H](C)OC(C)=O. The highest BCUT2D eigenvalue weighted by Gasteiger charge is 2.32. The third-order valence-corrected chi connectivity index (χ3v) is 3.05. The number of carboxylic acid groups (broad SMARTS) is 1. The topological polar surface area (TPSA) is 102 Å².